The Labute approximate surface area is 158 Å². The summed E-state index contributed by atoms with van der Waals surface area (Å²) in [6.45, 7) is 0.413. The molecule has 1 aromatic rings. The highest BCUT2D eigenvalue weighted by Gasteiger charge is 2.39. The van der Waals surface area contributed by atoms with Crippen molar-refractivity contribution in [3.8, 4) is 0 Å². The molecule has 27 heavy (non-hydrogen) atoms. The Hall–Kier alpha value is -2.47. The zero-order valence-corrected chi connectivity index (χ0v) is 15.3. The van der Waals surface area contributed by atoms with Crippen molar-refractivity contribution in [1.29, 1.82) is 0 Å². The number of rotatable bonds is 3. The molecule has 1 aliphatic carbocycles. The summed E-state index contributed by atoms with van der Waals surface area (Å²) in [5.74, 6) is -0.235. The molecule has 2 fully saturated rings. The van der Waals surface area contributed by atoms with Gasteiger partial charge in [-0.3, -0.25) is 19.7 Å². The van der Waals surface area contributed by atoms with Crippen LogP contribution in [0.1, 0.15) is 60.0 Å². The SMILES string of the molecule is NC1CCC(/C=C\c2cccc3c2CN(C2CCC(=O)NC2=O)C3=O)CC1. The Morgan fingerprint density at radius 2 is 1.85 bits per heavy atom. The van der Waals surface area contributed by atoms with E-state index in [-0.39, 0.29) is 24.1 Å². The zero-order chi connectivity index (χ0) is 19.0. The molecule has 2 heterocycles. The van der Waals surface area contributed by atoms with Gasteiger partial charge < -0.3 is 10.6 Å². The van der Waals surface area contributed by atoms with E-state index in [0.29, 0.717) is 30.5 Å². The van der Waals surface area contributed by atoms with Gasteiger partial charge >= 0.3 is 0 Å². The molecule has 142 valence electrons. The maximum Gasteiger partial charge on any atom is 0.255 e. The summed E-state index contributed by atoms with van der Waals surface area (Å²) in [6, 6.07) is 5.49. The topological polar surface area (TPSA) is 92.5 Å². The number of hydrogen-bond donors (Lipinski definition) is 2. The van der Waals surface area contributed by atoms with Gasteiger partial charge in [-0.1, -0.05) is 24.3 Å². The van der Waals surface area contributed by atoms with Crippen molar-refractivity contribution in [2.75, 3.05) is 0 Å². The molecule has 3 amide bonds. The monoisotopic (exact) mass is 367 g/mol. The predicted molar refractivity (Wildman–Crippen MR) is 101 cm³/mol. The molecule has 6 heteroatoms. The maximum atomic E-state index is 12.8. The number of allylic oxidation sites excluding steroid dienone is 1. The average Bonchev–Trinajstić information content (AvgIpc) is 2.99. The lowest BCUT2D eigenvalue weighted by Crippen LogP contribution is -2.52. The van der Waals surface area contributed by atoms with E-state index in [0.717, 1.165) is 36.8 Å². The van der Waals surface area contributed by atoms with E-state index in [1.165, 1.54) is 0 Å². The Balaban J connectivity index is 1.52. The second-order valence-corrected chi connectivity index (χ2v) is 7.81. The van der Waals surface area contributed by atoms with Gasteiger partial charge in [0.05, 0.1) is 0 Å². The van der Waals surface area contributed by atoms with Crippen molar-refractivity contribution < 1.29 is 14.4 Å². The van der Waals surface area contributed by atoms with Crippen LogP contribution in [0.25, 0.3) is 6.08 Å². The first kappa shape index (κ1) is 17.9. The molecular formula is C21H25N3O3. The second-order valence-electron chi connectivity index (χ2n) is 7.81. The molecule has 1 saturated carbocycles. The van der Waals surface area contributed by atoms with Crippen LogP contribution in [0.5, 0.6) is 0 Å². The number of amides is 3. The Morgan fingerprint density at radius 3 is 2.59 bits per heavy atom. The molecule has 0 radical (unpaired) electrons. The van der Waals surface area contributed by atoms with Gasteiger partial charge in [-0.05, 0) is 55.2 Å². The van der Waals surface area contributed by atoms with E-state index >= 15 is 0 Å². The number of carbonyl (C=O) groups is 3. The number of carbonyl (C=O) groups excluding carboxylic acids is 3. The minimum Gasteiger partial charge on any atom is -0.328 e. The summed E-state index contributed by atoms with van der Waals surface area (Å²) >= 11 is 0. The zero-order valence-electron chi connectivity index (χ0n) is 15.3. The largest absolute Gasteiger partial charge is 0.328 e. The second kappa shape index (κ2) is 7.27. The molecule has 3 N–H and O–H groups in total. The molecule has 0 aromatic heterocycles. The van der Waals surface area contributed by atoms with E-state index in [2.05, 4.69) is 17.5 Å². The third-order valence-corrected chi connectivity index (χ3v) is 5.98. The van der Waals surface area contributed by atoms with Crippen molar-refractivity contribution in [3.05, 3.63) is 41.0 Å². The minimum absolute atomic E-state index is 0.126. The van der Waals surface area contributed by atoms with Crippen LogP contribution in [-0.2, 0) is 16.1 Å². The first-order valence-electron chi connectivity index (χ1n) is 9.73. The molecular weight excluding hydrogens is 342 g/mol. The van der Waals surface area contributed by atoms with Crippen LogP contribution >= 0.6 is 0 Å². The van der Waals surface area contributed by atoms with Crippen molar-refractivity contribution in [1.82, 2.24) is 10.2 Å². The molecule has 6 nitrogen and oxygen atoms in total. The summed E-state index contributed by atoms with van der Waals surface area (Å²) in [4.78, 5) is 38.0. The van der Waals surface area contributed by atoms with Gasteiger partial charge in [0.25, 0.3) is 5.91 Å². The Bertz CT molecular complexity index is 809. The van der Waals surface area contributed by atoms with Gasteiger partial charge in [-0.2, -0.15) is 0 Å². The molecule has 1 atom stereocenters. The van der Waals surface area contributed by atoms with Gasteiger partial charge in [-0.25, -0.2) is 0 Å². The van der Waals surface area contributed by atoms with Crippen LogP contribution in [-0.4, -0.2) is 34.7 Å². The third kappa shape index (κ3) is 3.54. The van der Waals surface area contributed by atoms with Gasteiger partial charge in [0.2, 0.25) is 11.8 Å². The molecule has 4 rings (SSSR count). The van der Waals surface area contributed by atoms with Crippen molar-refractivity contribution in [2.24, 2.45) is 11.7 Å². The number of nitrogens with zero attached hydrogens (tertiary/aromatic N) is 1. The smallest absolute Gasteiger partial charge is 0.255 e. The van der Waals surface area contributed by atoms with Gasteiger partial charge in [0, 0.05) is 24.6 Å². The predicted octanol–water partition coefficient (Wildman–Crippen LogP) is 1.98. The number of fused-ring (bicyclic) bond motifs is 1. The molecule has 1 aromatic carbocycles. The lowest BCUT2D eigenvalue weighted by atomic mass is 9.86. The fourth-order valence-corrected chi connectivity index (χ4v) is 4.34. The molecule has 3 aliphatic rings. The van der Waals surface area contributed by atoms with Gasteiger partial charge in [0.1, 0.15) is 6.04 Å². The number of hydrogen-bond acceptors (Lipinski definition) is 4. The lowest BCUT2D eigenvalue weighted by molar-refractivity contribution is -0.136. The maximum absolute atomic E-state index is 12.8. The number of nitrogens with two attached hydrogens (primary N) is 1. The van der Waals surface area contributed by atoms with Crippen LogP contribution in [0.15, 0.2) is 24.3 Å². The number of benzene rings is 1. The first-order valence-corrected chi connectivity index (χ1v) is 9.73. The minimum atomic E-state index is -0.570. The van der Waals surface area contributed by atoms with Gasteiger partial charge in [0.15, 0.2) is 0 Å². The van der Waals surface area contributed by atoms with E-state index in [1.54, 1.807) is 4.90 Å². The Morgan fingerprint density at radius 1 is 1.07 bits per heavy atom. The van der Waals surface area contributed by atoms with Crippen LogP contribution < -0.4 is 11.1 Å². The van der Waals surface area contributed by atoms with Crippen LogP contribution in [0.2, 0.25) is 0 Å². The molecule has 2 aliphatic heterocycles. The van der Waals surface area contributed by atoms with E-state index in [1.807, 2.05) is 18.2 Å². The van der Waals surface area contributed by atoms with E-state index in [4.69, 9.17) is 5.73 Å². The highest BCUT2D eigenvalue weighted by Crippen LogP contribution is 2.31. The molecule has 0 bridgehead atoms. The number of piperidine rings is 1. The van der Waals surface area contributed by atoms with E-state index in [9.17, 15) is 14.4 Å². The third-order valence-electron chi connectivity index (χ3n) is 5.98. The quantitative estimate of drug-likeness (QED) is 0.799. The van der Waals surface area contributed by atoms with Crippen LogP contribution in [0, 0.1) is 5.92 Å². The van der Waals surface area contributed by atoms with Crippen LogP contribution in [0.3, 0.4) is 0 Å². The summed E-state index contributed by atoms with van der Waals surface area (Å²) in [5, 5.41) is 2.34. The highest BCUT2D eigenvalue weighted by atomic mass is 16.2. The summed E-state index contributed by atoms with van der Waals surface area (Å²) in [6.07, 6.45) is 9.34. The molecule has 1 unspecified atom stereocenters. The van der Waals surface area contributed by atoms with Crippen molar-refractivity contribution in [2.45, 2.75) is 57.2 Å². The summed E-state index contributed by atoms with van der Waals surface area (Å²) < 4.78 is 0. The first-order chi connectivity index (χ1) is 13.0. The fourth-order valence-electron chi connectivity index (χ4n) is 4.34. The Kier molecular flexibility index (Phi) is 4.83. The fraction of sp³-hybridized carbons (Fsp3) is 0.476. The number of imide groups is 1. The van der Waals surface area contributed by atoms with Crippen molar-refractivity contribution >= 4 is 23.8 Å². The van der Waals surface area contributed by atoms with E-state index < -0.39 is 6.04 Å². The summed E-state index contributed by atoms with van der Waals surface area (Å²) in [5.41, 5.74) is 8.64. The standard InChI is InChI=1S/C21H25N3O3/c22-15-8-5-13(6-9-15)4-7-14-2-1-3-16-17(14)12-24(21(16)27)18-10-11-19(25)23-20(18)26/h1-4,7,13,15,18H,5-6,8-12,22H2,(H,23,25,26)/b7-4-. The van der Waals surface area contributed by atoms with Gasteiger partial charge in [-0.15, -0.1) is 0 Å². The normalized spacial score (nSPS) is 28.6. The highest BCUT2D eigenvalue weighted by molar-refractivity contribution is 6.05. The number of nitrogens with one attached hydrogen (secondary N) is 1. The molecule has 0 spiro atoms. The van der Waals surface area contributed by atoms with Crippen LogP contribution in [0.4, 0.5) is 0 Å². The molecule has 1 saturated heterocycles. The lowest BCUT2D eigenvalue weighted by Gasteiger charge is -2.29. The summed E-state index contributed by atoms with van der Waals surface area (Å²) in [7, 11) is 0. The average molecular weight is 367 g/mol. The van der Waals surface area contributed by atoms with Crippen molar-refractivity contribution in [3.63, 3.8) is 0 Å².